The van der Waals surface area contributed by atoms with Crippen LogP contribution in [0, 0.1) is 5.92 Å². The Morgan fingerprint density at radius 2 is 1.68 bits per heavy atom. The van der Waals surface area contributed by atoms with E-state index in [-0.39, 0.29) is 18.1 Å². The minimum absolute atomic E-state index is 0.142. The Balaban J connectivity index is 1.76. The summed E-state index contributed by atoms with van der Waals surface area (Å²) in [6.45, 7) is 1.51. The van der Waals surface area contributed by atoms with Crippen molar-refractivity contribution in [1.82, 2.24) is 10.2 Å². The molecule has 0 aromatic carbocycles. The molecule has 2 rings (SSSR count). The number of alkyl carbamates (subject to hydrolysis) is 1. The molecule has 5 nitrogen and oxygen atoms in total. The summed E-state index contributed by atoms with van der Waals surface area (Å²) in [5, 5.41) is 2.81. The summed E-state index contributed by atoms with van der Waals surface area (Å²) in [6, 6.07) is 0.142. The lowest BCUT2D eigenvalue weighted by Crippen LogP contribution is -2.48. The molecular formula is C14H24N2O3. The van der Waals surface area contributed by atoms with Gasteiger partial charge in [-0.1, -0.05) is 19.3 Å². The Hall–Kier alpha value is -1.26. The molecule has 0 bridgehead atoms. The molecule has 5 heteroatoms. The first kappa shape index (κ1) is 14.2. The molecule has 1 aliphatic carbocycles. The van der Waals surface area contributed by atoms with E-state index in [4.69, 9.17) is 0 Å². The highest BCUT2D eigenvalue weighted by Gasteiger charge is 2.29. The van der Waals surface area contributed by atoms with Crippen LogP contribution < -0.4 is 5.32 Å². The van der Waals surface area contributed by atoms with Gasteiger partial charge in [0.1, 0.15) is 0 Å². The first-order valence-electron chi connectivity index (χ1n) is 7.34. The quantitative estimate of drug-likeness (QED) is 0.832. The number of piperidine rings is 1. The van der Waals surface area contributed by atoms with Gasteiger partial charge in [-0.25, -0.2) is 4.79 Å². The van der Waals surface area contributed by atoms with E-state index >= 15 is 0 Å². The molecule has 0 aromatic heterocycles. The van der Waals surface area contributed by atoms with Crippen molar-refractivity contribution in [3.63, 3.8) is 0 Å². The smallest absolute Gasteiger partial charge is 0.407 e. The van der Waals surface area contributed by atoms with Gasteiger partial charge in [-0.15, -0.1) is 0 Å². The largest absolute Gasteiger partial charge is 0.453 e. The molecule has 0 atom stereocenters. The van der Waals surface area contributed by atoms with Crippen LogP contribution >= 0.6 is 0 Å². The summed E-state index contributed by atoms with van der Waals surface area (Å²) in [6.07, 6.45) is 7.04. The van der Waals surface area contributed by atoms with Crippen LogP contribution in [0.4, 0.5) is 4.79 Å². The Morgan fingerprint density at radius 3 is 2.26 bits per heavy atom. The number of amides is 2. The number of likely N-dealkylation sites (tertiary alicyclic amines) is 1. The molecule has 1 N–H and O–H groups in total. The number of nitrogens with one attached hydrogen (secondary N) is 1. The molecule has 19 heavy (non-hydrogen) atoms. The van der Waals surface area contributed by atoms with Gasteiger partial charge in [0, 0.05) is 25.0 Å². The summed E-state index contributed by atoms with van der Waals surface area (Å²) >= 11 is 0. The monoisotopic (exact) mass is 268 g/mol. The van der Waals surface area contributed by atoms with Crippen LogP contribution in [0.25, 0.3) is 0 Å². The predicted molar refractivity (Wildman–Crippen MR) is 71.7 cm³/mol. The molecular weight excluding hydrogens is 244 g/mol. The van der Waals surface area contributed by atoms with Crippen LogP contribution in [-0.4, -0.2) is 43.1 Å². The normalized spacial score (nSPS) is 22.1. The van der Waals surface area contributed by atoms with Gasteiger partial charge in [-0.05, 0) is 25.7 Å². The van der Waals surface area contributed by atoms with Gasteiger partial charge in [0.2, 0.25) is 5.91 Å². The zero-order valence-corrected chi connectivity index (χ0v) is 11.7. The summed E-state index contributed by atoms with van der Waals surface area (Å²) in [7, 11) is 1.37. The number of hydrogen-bond donors (Lipinski definition) is 1. The molecule has 0 unspecified atom stereocenters. The fraction of sp³-hybridized carbons (Fsp3) is 0.857. The van der Waals surface area contributed by atoms with Crippen molar-refractivity contribution in [1.29, 1.82) is 0 Å². The zero-order chi connectivity index (χ0) is 13.7. The number of nitrogens with zero attached hydrogens (tertiary/aromatic N) is 1. The van der Waals surface area contributed by atoms with E-state index in [0.29, 0.717) is 5.91 Å². The van der Waals surface area contributed by atoms with Crippen LogP contribution in [0.3, 0.4) is 0 Å². The number of ether oxygens (including phenoxy) is 1. The molecule has 108 valence electrons. The lowest BCUT2D eigenvalue weighted by atomic mass is 9.87. The van der Waals surface area contributed by atoms with Crippen molar-refractivity contribution in [2.75, 3.05) is 20.2 Å². The van der Waals surface area contributed by atoms with Crippen molar-refractivity contribution in [3.8, 4) is 0 Å². The zero-order valence-electron chi connectivity index (χ0n) is 11.7. The third-order valence-electron chi connectivity index (χ3n) is 4.27. The molecule has 0 aromatic rings. The minimum Gasteiger partial charge on any atom is -0.453 e. The summed E-state index contributed by atoms with van der Waals surface area (Å²) in [5.41, 5.74) is 0. The third kappa shape index (κ3) is 3.85. The van der Waals surface area contributed by atoms with Crippen LogP contribution in [0.5, 0.6) is 0 Å². The molecule has 2 fully saturated rings. The molecule has 2 amide bonds. The molecule has 0 radical (unpaired) electrons. The lowest BCUT2D eigenvalue weighted by molar-refractivity contribution is -0.137. The summed E-state index contributed by atoms with van der Waals surface area (Å²) < 4.78 is 4.59. The van der Waals surface area contributed by atoms with Gasteiger partial charge in [-0.2, -0.15) is 0 Å². The van der Waals surface area contributed by atoms with Crippen LogP contribution in [0.2, 0.25) is 0 Å². The molecule has 2 aliphatic rings. The van der Waals surface area contributed by atoms with Crippen LogP contribution in [0.1, 0.15) is 44.9 Å². The van der Waals surface area contributed by atoms with Gasteiger partial charge < -0.3 is 15.0 Å². The van der Waals surface area contributed by atoms with E-state index in [1.807, 2.05) is 4.90 Å². The standard InChI is InChI=1S/C14H24N2O3/c1-19-14(18)15-12-7-9-16(10-8-12)13(17)11-5-3-2-4-6-11/h11-12H,2-10H2,1H3,(H,15,18). The van der Waals surface area contributed by atoms with Crippen molar-refractivity contribution < 1.29 is 14.3 Å². The van der Waals surface area contributed by atoms with E-state index in [1.54, 1.807) is 0 Å². The number of methoxy groups -OCH3 is 1. The molecule has 1 saturated heterocycles. The van der Waals surface area contributed by atoms with Crippen LogP contribution in [0.15, 0.2) is 0 Å². The average molecular weight is 268 g/mol. The fourth-order valence-corrected chi connectivity index (χ4v) is 3.08. The minimum atomic E-state index is -0.378. The first-order valence-corrected chi connectivity index (χ1v) is 7.34. The van der Waals surface area contributed by atoms with E-state index in [2.05, 4.69) is 10.1 Å². The second-order valence-corrected chi connectivity index (χ2v) is 5.57. The second-order valence-electron chi connectivity index (χ2n) is 5.57. The Labute approximate surface area is 114 Å². The lowest BCUT2D eigenvalue weighted by Gasteiger charge is -2.35. The Kier molecular flexibility index (Phi) is 5.05. The molecule has 1 saturated carbocycles. The van der Waals surface area contributed by atoms with E-state index in [9.17, 15) is 9.59 Å². The first-order chi connectivity index (χ1) is 9.20. The van der Waals surface area contributed by atoms with E-state index < -0.39 is 0 Å². The SMILES string of the molecule is COC(=O)NC1CCN(C(=O)C2CCCCC2)CC1. The van der Waals surface area contributed by atoms with Gasteiger partial charge >= 0.3 is 6.09 Å². The number of carbonyl (C=O) groups is 2. The predicted octanol–water partition coefficient (Wildman–Crippen LogP) is 1.91. The maximum absolute atomic E-state index is 12.4. The highest BCUT2D eigenvalue weighted by atomic mass is 16.5. The average Bonchev–Trinajstić information content (AvgIpc) is 2.48. The van der Waals surface area contributed by atoms with Crippen molar-refractivity contribution >= 4 is 12.0 Å². The Morgan fingerprint density at radius 1 is 1.05 bits per heavy atom. The summed E-state index contributed by atoms with van der Waals surface area (Å²) in [5.74, 6) is 0.579. The maximum atomic E-state index is 12.4. The van der Waals surface area contributed by atoms with Crippen molar-refractivity contribution in [2.24, 2.45) is 5.92 Å². The fourth-order valence-electron chi connectivity index (χ4n) is 3.08. The number of hydrogen-bond acceptors (Lipinski definition) is 3. The number of carbonyl (C=O) groups excluding carboxylic acids is 2. The van der Waals surface area contributed by atoms with Gasteiger partial charge in [0.05, 0.1) is 7.11 Å². The second kappa shape index (κ2) is 6.78. The Bertz CT molecular complexity index is 319. The molecule has 1 aliphatic heterocycles. The highest BCUT2D eigenvalue weighted by Crippen LogP contribution is 2.26. The highest BCUT2D eigenvalue weighted by molar-refractivity contribution is 5.79. The van der Waals surface area contributed by atoms with E-state index in [0.717, 1.165) is 38.8 Å². The van der Waals surface area contributed by atoms with E-state index in [1.165, 1.54) is 26.4 Å². The van der Waals surface area contributed by atoms with Gasteiger partial charge in [0.15, 0.2) is 0 Å². The van der Waals surface area contributed by atoms with Gasteiger partial charge in [-0.3, -0.25) is 4.79 Å². The third-order valence-corrected chi connectivity index (χ3v) is 4.27. The maximum Gasteiger partial charge on any atom is 0.407 e. The number of rotatable bonds is 2. The van der Waals surface area contributed by atoms with Crippen molar-refractivity contribution in [2.45, 2.75) is 51.0 Å². The van der Waals surface area contributed by atoms with Gasteiger partial charge in [0.25, 0.3) is 0 Å². The summed E-state index contributed by atoms with van der Waals surface area (Å²) in [4.78, 5) is 25.5. The topological polar surface area (TPSA) is 58.6 Å². The van der Waals surface area contributed by atoms with Crippen molar-refractivity contribution in [3.05, 3.63) is 0 Å². The molecule has 1 heterocycles. The van der Waals surface area contributed by atoms with Crippen LogP contribution in [-0.2, 0) is 9.53 Å². The molecule has 0 spiro atoms.